The standard InChI is InChI=1S/C8H11.2ClH.Ti/c1-3-8-5-4-7(2)6-8;;;/h4-5,7H,3H2,1-2H3;2*1H;. The van der Waals surface area contributed by atoms with Gasteiger partial charge in [0.05, 0.1) is 0 Å². The van der Waals surface area contributed by atoms with Crippen molar-refractivity contribution >= 4 is 24.8 Å². The first-order valence-corrected chi connectivity index (χ1v) is 4.16. The summed E-state index contributed by atoms with van der Waals surface area (Å²) < 4.78 is 1.55. The summed E-state index contributed by atoms with van der Waals surface area (Å²) in [7, 11) is 0. The molecule has 0 nitrogen and oxygen atoms in total. The Balaban J connectivity index is 0. The second-order valence-electron chi connectivity index (χ2n) is 2.44. The molecule has 1 atom stereocenters. The summed E-state index contributed by atoms with van der Waals surface area (Å²) in [6.07, 6.45) is 5.71. The Labute approximate surface area is 92.7 Å². The van der Waals surface area contributed by atoms with E-state index >= 15 is 0 Å². The van der Waals surface area contributed by atoms with E-state index in [1.54, 1.807) is 3.88 Å². The van der Waals surface area contributed by atoms with Gasteiger partial charge in [-0.15, -0.1) is 24.8 Å². The fraction of sp³-hybridized carbons (Fsp3) is 0.500. The molecular formula is C8H13Cl2Ti. The van der Waals surface area contributed by atoms with Crippen LogP contribution in [0.25, 0.3) is 0 Å². The van der Waals surface area contributed by atoms with Gasteiger partial charge in [0.15, 0.2) is 0 Å². The van der Waals surface area contributed by atoms with Crippen molar-refractivity contribution in [3.05, 3.63) is 21.6 Å². The zero-order chi connectivity index (χ0) is 6.85. The van der Waals surface area contributed by atoms with Crippen molar-refractivity contribution in [3.63, 3.8) is 0 Å². The monoisotopic (exact) mass is 227 g/mol. The number of hydrogen-bond donors (Lipinski definition) is 0. The Kier molecular flexibility index (Phi) is 8.20. The van der Waals surface area contributed by atoms with E-state index in [1.807, 2.05) is 0 Å². The van der Waals surface area contributed by atoms with Crippen molar-refractivity contribution in [2.75, 3.05) is 0 Å². The summed E-state index contributed by atoms with van der Waals surface area (Å²) in [5.41, 5.74) is 1.53. The Morgan fingerprint density at radius 3 is 2.18 bits per heavy atom. The second kappa shape index (κ2) is 6.31. The van der Waals surface area contributed by atoms with Gasteiger partial charge in [-0.25, -0.2) is 0 Å². The van der Waals surface area contributed by atoms with Crippen LogP contribution in [0.5, 0.6) is 0 Å². The van der Waals surface area contributed by atoms with Gasteiger partial charge < -0.3 is 0 Å². The van der Waals surface area contributed by atoms with Crippen molar-refractivity contribution < 1.29 is 20.4 Å². The van der Waals surface area contributed by atoms with Gasteiger partial charge in [-0.2, -0.15) is 0 Å². The predicted octanol–water partition coefficient (Wildman–Crippen LogP) is 3.25. The minimum Gasteiger partial charge on any atom is -0.147 e. The first-order valence-electron chi connectivity index (χ1n) is 3.38. The van der Waals surface area contributed by atoms with E-state index in [0.717, 1.165) is 0 Å². The third kappa shape index (κ3) is 3.33. The predicted molar refractivity (Wildman–Crippen MR) is 50.1 cm³/mol. The topological polar surface area (TPSA) is 0 Å². The van der Waals surface area contributed by atoms with E-state index in [4.69, 9.17) is 0 Å². The average molecular weight is 228 g/mol. The molecule has 0 bridgehead atoms. The number of halogens is 2. The van der Waals surface area contributed by atoms with Crippen LogP contribution in [0.15, 0.2) is 21.6 Å². The molecule has 1 unspecified atom stereocenters. The molecule has 0 aromatic heterocycles. The molecule has 0 N–H and O–H groups in total. The fourth-order valence-electron chi connectivity index (χ4n) is 1.05. The summed E-state index contributed by atoms with van der Waals surface area (Å²) >= 11 is 2.23. The summed E-state index contributed by atoms with van der Waals surface area (Å²) in [4.78, 5) is 0. The zero-order valence-electron chi connectivity index (χ0n) is 6.76. The molecule has 0 aliphatic heterocycles. The zero-order valence-corrected chi connectivity index (χ0v) is 9.95. The molecule has 0 heterocycles. The van der Waals surface area contributed by atoms with Gasteiger partial charge in [-0.3, -0.25) is 0 Å². The van der Waals surface area contributed by atoms with Crippen molar-refractivity contribution in [2.24, 2.45) is 5.92 Å². The van der Waals surface area contributed by atoms with Gasteiger partial charge in [0.25, 0.3) is 0 Å². The van der Waals surface area contributed by atoms with Crippen LogP contribution in [0.2, 0.25) is 0 Å². The van der Waals surface area contributed by atoms with Crippen molar-refractivity contribution in [3.8, 4) is 0 Å². The van der Waals surface area contributed by atoms with Crippen LogP contribution >= 0.6 is 24.8 Å². The Morgan fingerprint density at radius 2 is 2.00 bits per heavy atom. The summed E-state index contributed by atoms with van der Waals surface area (Å²) in [5.74, 6) is 0.694. The van der Waals surface area contributed by atoms with Gasteiger partial charge in [0.1, 0.15) is 0 Å². The number of hydrogen-bond acceptors (Lipinski definition) is 0. The van der Waals surface area contributed by atoms with Gasteiger partial charge in [-0.05, 0) is 0 Å². The van der Waals surface area contributed by atoms with Gasteiger partial charge in [0.2, 0.25) is 0 Å². The molecule has 3 heteroatoms. The van der Waals surface area contributed by atoms with Crippen molar-refractivity contribution in [1.82, 2.24) is 0 Å². The van der Waals surface area contributed by atoms with E-state index in [0.29, 0.717) is 5.92 Å². The molecular weight excluding hydrogens is 215 g/mol. The van der Waals surface area contributed by atoms with E-state index in [2.05, 4.69) is 46.4 Å². The molecule has 0 spiro atoms. The van der Waals surface area contributed by atoms with E-state index in [1.165, 1.54) is 12.0 Å². The summed E-state index contributed by atoms with van der Waals surface area (Å²) in [6.45, 7) is 4.45. The van der Waals surface area contributed by atoms with Crippen LogP contribution in [-0.2, 0) is 20.4 Å². The van der Waals surface area contributed by atoms with Gasteiger partial charge in [0, 0.05) is 0 Å². The van der Waals surface area contributed by atoms with E-state index in [9.17, 15) is 0 Å². The summed E-state index contributed by atoms with van der Waals surface area (Å²) in [5, 5.41) is 0. The molecule has 11 heavy (non-hydrogen) atoms. The minimum absolute atomic E-state index is 0. The van der Waals surface area contributed by atoms with Crippen LogP contribution in [-0.4, -0.2) is 0 Å². The molecule has 63 valence electrons. The molecule has 0 radical (unpaired) electrons. The Hall–Kier alpha value is 0.774. The Bertz CT molecular complexity index is 173. The maximum Gasteiger partial charge on any atom is -0.147 e. The van der Waals surface area contributed by atoms with E-state index < -0.39 is 0 Å². The van der Waals surface area contributed by atoms with Crippen LogP contribution in [0.3, 0.4) is 0 Å². The molecule has 1 aliphatic carbocycles. The molecule has 0 saturated carbocycles. The number of allylic oxidation sites excluding steroid dienone is 4. The first kappa shape index (κ1) is 14.3. The largest absolute Gasteiger partial charge is 0.147 e. The smallest absolute Gasteiger partial charge is 0.147 e. The van der Waals surface area contributed by atoms with Crippen molar-refractivity contribution in [2.45, 2.75) is 20.3 Å². The Morgan fingerprint density at radius 1 is 1.45 bits per heavy atom. The third-order valence-corrected chi connectivity index (χ3v) is 2.98. The van der Waals surface area contributed by atoms with E-state index in [-0.39, 0.29) is 24.8 Å². The quantitative estimate of drug-likeness (QED) is 0.604. The van der Waals surface area contributed by atoms with Crippen LogP contribution in [0, 0.1) is 5.92 Å². The molecule has 0 amide bonds. The summed E-state index contributed by atoms with van der Waals surface area (Å²) in [6, 6.07) is 0. The minimum atomic E-state index is 0. The molecule has 0 fully saturated rings. The molecule has 0 aromatic carbocycles. The third-order valence-electron chi connectivity index (χ3n) is 1.77. The van der Waals surface area contributed by atoms with Gasteiger partial charge >= 0.3 is 68.2 Å². The second-order valence-corrected chi connectivity index (χ2v) is 3.28. The SMILES string of the molecule is CCC1=[C]([Ti])C(C)C=C1.Cl.Cl. The number of rotatable bonds is 1. The van der Waals surface area contributed by atoms with Crippen molar-refractivity contribution in [1.29, 1.82) is 0 Å². The first-order chi connectivity index (χ1) is 4.25. The maximum atomic E-state index is 2.27. The van der Waals surface area contributed by atoms with Crippen LogP contribution < -0.4 is 0 Å². The molecule has 0 aromatic rings. The molecule has 1 rings (SSSR count). The molecule has 1 aliphatic rings. The maximum absolute atomic E-state index is 2.27. The normalized spacial score (nSPS) is 21.0. The average Bonchev–Trinajstić information content (AvgIpc) is 2.15. The van der Waals surface area contributed by atoms with Crippen LogP contribution in [0.1, 0.15) is 20.3 Å². The van der Waals surface area contributed by atoms with Gasteiger partial charge in [-0.1, -0.05) is 0 Å². The van der Waals surface area contributed by atoms with Crippen LogP contribution in [0.4, 0.5) is 0 Å². The fourth-order valence-corrected chi connectivity index (χ4v) is 1.60. The molecule has 0 saturated heterocycles.